The number of halogens is 1. The highest BCUT2D eigenvalue weighted by molar-refractivity contribution is 9.10. The Bertz CT molecular complexity index is 700. The van der Waals surface area contributed by atoms with E-state index < -0.39 is 10.9 Å². The highest BCUT2D eigenvalue weighted by Crippen LogP contribution is 2.22. The molecular weight excluding hydrogens is 354 g/mol. The van der Waals surface area contributed by atoms with Crippen LogP contribution in [0, 0.1) is 17.0 Å². The molecule has 0 saturated carbocycles. The standard InChI is InChI=1S/C15H12BrNO5/c1-10-8-11(16)2-7-14(10)22-15(18)9-21-13-5-3-12(4-6-13)17(19)20/h2-8H,9H2,1H3. The van der Waals surface area contributed by atoms with Crippen LogP contribution >= 0.6 is 15.9 Å². The van der Waals surface area contributed by atoms with Gasteiger partial charge in [-0.1, -0.05) is 15.9 Å². The van der Waals surface area contributed by atoms with Crippen LogP contribution in [0.3, 0.4) is 0 Å². The van der Waals surface area contributed by atoms with Crippen LogP contribution in [-0.2, 0) is 4.79 Å². The van der Waals surface area contributed by atoms with Gasteiger partial charge in [0.05, 0.1) is 4.92 Å². The number of nitro benzene ring substituents is 1. The van der Waals surface area contributed by atoms with E-state index in [-0.39, 0.29) is 12.3 Å². The lowest BCUT2D eigenvalue weighted by atomic mass is 10.2. The lowest BCUT2D eigenvalue weighted by Crippen LogP contribution is -2.18. The summed E-state index contributed by atoms with van der Waals surface area (Å²) in [6, 6.07) is 10.8. The van der Waals surface area contributed by atoms with Gasteiger partial charge in [-0.05, 0) is 42.8 Å². The fourth-order valence-corrected chi connectivity index (χ4v) is 2.16. The quantitative estimate of drug-likeness (QED) is 0.349. The van der Waals surface area contributed by atoms with E-state index >= 15 is 0 Å². The predicted molar refractivity (Wildman–Crippen MR) is 83.1 cm³/mol. The van der Waals surface area contributed by atoms with Gasteiger partial charge in [-0.3, -0.25) is 10.1 Å². The van der Waals surface area contributed by atoms with Crippen LogP contribution in [0.2, 0.25) is 0 Å². The summed E-state index contributed by atoms with van der Waals surface area (Å²) >= 11 is 3.33. The fourth-order valence-electron chi connectivity index (χ4n) is 1.69. The van der Waals surface area contributed by atoms with Crippen molar-refractivity contribution in [3.8, 4) is 11.5 Å². The average Bonchev–Trinajstić information content (AvgIpc) is 2.48. The first-order valence-electron chi connectivity index (χ1n) is 6.30. The van der Waals surface area contributed by atoms with Crippen molar-refractivity contribution in [1.82, 2.24) is 0 Å². The number of carbonyl (C=O) groups excluding carboxylic acids is 1. The molecule has 114 valence electrons. The van der Waals surface area contributed by atoms with E-state index in [0.29, 0.717) is 11.5 Å². The first kappa shape index (κ1) is 16.0. The maximum absolute atomic E-state index is 11.7. The molecular formula is C15H12BrNO5. The smallest absolute Gasteiger partial charge is 0.349 e. The summed E-state index contributed by atoms with van der Waals surface area (Å²) in [7, 11) is 0. The molecule has 0 unspecified atom stereocenters. The van der Waals surface area contributed by atoms with Crippen molar-refractivity contribution in [3.63, 3.8) is 0 Å². The number of hydrogen-bond donors (Lipinski definition) is 0. The molecule has 0 bridgehead atoms. The van der Waals surface area contributed by atoms with Crippen molar-refractivity contribution in [2.45, 2.75) is 6.92 Å². The van der Waals surface area contributed by atoms with Crippen LogP contribution in [0.5, 0.6) is 11.5 Å². The lowest BCUT2D eigenvalue weighted by molar-refractivity contribution is -0.384. The maximum Gasteiger partial charge on any atom is 0.349 e. The molecule has 0 aromatic heterocycles. The third-order valence-electron chi connectivity index (χ3n) is 2.76. The van der Waals surface area contributed by atoms with Crippen LogP contribution in [0.15, 0.2) is 46.9 Å². The van der Waals surface area contributed by atoms with Gasteiger partial charge in [-0.25, -0.2) is 4.79 Å². The van der Waals surface area contributed by atoms with E-state index in [1.807, 2.05) is 13.0 Å². The highest BCUT2D eigenvalue weighted by atomic mass is 79.9. The Morgan fingerprint density at radius 3 is 2.50 bits per heavy atom. The van der Waals surface area contributed by atoms with Crippen LogP contribution in [0.1, 0.15) is 5.56 Å². The number of hydrogen-bond acceptors (Lipinski definition) is 5. The number of esters is 1. The summed E-state index contributed by atoms with van der Waals surface area (Å²) in [6.45, 7) is 1.54. The van der Waals surface area contributed by atoms with E-state index in [0.717, 1.165) is 10.0 Å². The first-order chi connectivity index (χ1) is 10.5. The molecule has 0 fully saturated rings. The second-order valence-corrected chi connectivity index (χ2v) is 5.34. The van der Waals surface area contributed by atoms with Gasteiger partial charge >= 0.3 is 5.97 Å². The molecule has 0 aliphatic rings. The van der Waals surface area contributed by atoms with Crippen LogP contribution in [0.4, 0.5) is 5.69 Å². The van der Waals surface area contributed by atoms with E-state index in [1.54, 1.807) is 12.1 Å². The molecule has 2 aromatic carbocycles. The Morgan fingerprint density at radius 2 is 1.91 bits per heavy atom. The third kappa shape index (κ3) is 4.29. The molecule has 6 nitrogen and oxygen atoms in total. The van der Waals surface area contributed by atoms with E-state index in [2.05, 4.69) is 15.9 Å². The minimum Gasteiger partial charge on any atom is -0.482 e. The van der Waals surface area contributed by atoms with E-state index in [9.17, 15) is 14.9 Å². The van der Waals surface area contributed by atoms with E-state index in [4.69, 9.17) is 9.47 Å². The molecule has 2 rings (SSSR count). The van der Waals surface area contributed by atoms with Gasteiger partial charge in [0.15, 0.2) is 6.61 Å². The lowest BCUT2D eigenvalue weighted by Gasteiger charge is -2.09. The summed E-state index contributed by atoms with van der Waals surface area (Å²) < 4.78 is 11.3. The molecule has 0 radical (unpaired) electrons. The SMILES string of the molecule is Cc1cc(Br)ccc1OC(=O)COc1ccc([N+](=O)[O-])cc1. The molecule has 0 heterocycles. The zero-order chi connectivity index (χ0) is 16.1. The van der Waals surface area contributed by atoms with Crippen LogP contribution in [-0.4, -0.2) is 17.5 Å². The second kappa shape index (κ2) is 7.04. The zero-order valence-electron chi connectivity index (χ0n) is 11.6. The van der Waals surface area contributed by atoms with Gasteiger partial charge in [0.2, 0.25) is 0 Å². The second-order valence-electron chi connectivity index (χ2n) is 4.42. The topological polar surface area (TPSA) is 78.7 Å². The molecule has 7 heteroatoms. The molecule has 0 amide bonds. The van der Waals surface area contributed by atoms with Crippen molar-refractivity contribution in [2.24, 2.45) is 0 Å². The largest absolute Gasteiger partial charge is 0.482 e. The molecule has 0 saturated heterocycles. The van der Waals surface area contributed by atoms with Crippen molar-refractivity contribution in [3.05, 3.63) is 62.6 Å². The fraction of sp³-hybridized carbons (Fsp3) is 0.133. The van der Waals surface area contributed by atoms with Crippen LogP contribution in [0.25, 0.3) is 0 Å². The van der Waals surface area contributed by atoms with Gasteiger partial charge in [0.1, 0.15) is 11.5 Å². The predicted octanol–water partition coefficient (Wildman–Crippen LogP) is 3.65. The minimum absolute atomic E-state index is 0.0413. The molecule has 0 spiro atoms. The van der Waals surface area contributed by atoms with Gasteiger partial charge in [0.25, 0.3) is 5.69 Å². The normalized spacial score (nSPS) is 10.1. The maximum atomic E-state index is 11.7. The Balaban J connectivity index is 1.91. The molecule has 0 N–H and O–H groups in total. The summed E-state index contributed by atoms with van der Waals surface area (Å²) in [4.78, 5) is 21.7. The molecule has 0 aliphatic carbocycles. The third-order valence-corrected chi connectivity index (χ3v) is 3.26. The Labute approximate surface area is 134 Å². The molecule has 2 aromatic rings. The molecule has 22 heavy (non-hydrogen) atoms. The Kier molecular flexibility index (Phi) is 5.11. The van der Waals surface area contributed by atoms with Crippen molar-refractivity contribution >= 4 is 27.6 Å². The summed E-state index contributed by atoms with van der Waals surface area (Å²) in [6.07, 6.45) is 0. The van der Waals surface area contributed by atoms with E-state index in [1.165, 1.54) is 24.3 Å². The molecule has 0 aliphatic heterocycles. The number of nitro groups is 1. The Morgan fingerprint density at radius 1 is 1.23 bits per heavy atom. The minimum atomic E-state index is -0.552. The monoisotopic (exact) mass is 365 g/mol. The Hall–Kier alpha value is -2.41. The number of rotatable bonds is 5. The van der Waals surface area contributed by atoms with Gasteiger partial charge < -0.3 is 9.47 Å². The van der Waals surface area contributed by atoms with Gasteiger partial charge in [-0.15, -0.1) is 0 Å². The number of aryl methyl sites for hydroxylation is 1. The van der Waals surface area contributed by atoms with Crippen molar-refractivity contribution in [2.75, 3.05) is 6.61 Å². The number of nitrogens with zero attached hydrogens (tertiary/aromatic N) is 1. The molecule has 0 atom stereocenters. The van der Waals surface area contributed by atoms with Gasteiger partial charge in [0, 0.05) is 16.6 Å². The summed E-state index contributed by atoms with van der Waals surface area (Å²) in [5.74, 6) is 0.263. The number of ether oxygens (including phenoxy) is 2. The number of carbonyl (C=O) groups is 1. The summed E-state index contributed by atoms with van der Waals surface area (Å²) in [5.41, 5.74) is 0.776. The average molecular weight is 366 g/mol. The highest BCUT2D eigenvalue weighted by Gasteiger charge is 2.10. The van der Waals surface area contributed by atoms with Crippen molar-refractivity contribution in [1.29, 1.82) is 0 Å². The van der Waals surface area contributed by atoms with Crippen LogP contribution < -0.4 is 9.47 Å². The summed E-state index contributed by atoms with van der Waals surface area (Å²) in [5, 5.41) is 10.5. The number of non-ortho nitro benzene ring substituents is 1. The van der Waals surface area contributed by atoms with Gasteiger partial charge in [-0.2, -0.15) is 0 Å². The van der Waals surface area contributed by atoms with Crippen molar-refractivity contribution < 1.29 is 19.2 Å². The first-order valence-corrected chi connectivity index (χ1v) is 7.09. The zero-order valence-corrected chi connectivity index (χ0v) is 13.2. The number of benzene rings is 2.